The zero-order chi connectivity index (χ0) is 20.4. The summed E-state index contributed by atoms with van der Waals surface area (Å²) in [5, 5.41) is 0.676. The number of hydrogen-bond donors (Lipinski definition) is 1. The average Bonchev–Trinajstić information content (AvgIpc) is 3.06. The van der Waals surface area contributed by atoms with Crippen LogP contribution in [0.25, 0.3) is 0 Å². The largest absolute Gasteiger partial charge is 0.490 e. The highest BCUT2D eigenvalue weighted by Gasteiger charge is 2.65. The second-order valence-electron chi connectivity index (χ2n) is 7.92. The Morgan fingerprint density at radius 1 is 1.41 bits per heavy atom. The van der Waals surface area contributed by atoms with E-state index in [1.165, 1.54) is 16.2 Å². The van der Waals surface area contributed by atoms with Crippen molar-refractivity contribution in [1.82, 2.24) is 4.98 Å². The fraction of sp³-hybridized carbons (Fsp3) is 0.688. The van der Waals surface area contributed by atoms with E-state index in [2.05, 4.69) is 9.72 Å². The standard InChI is InChI=1S/C16H19ClF3N3O3S/c1-14(2,3)9-10(17)22-13(27-9)23-5-4-15(11(23)24)6-7(21)8(15)26-12(25)16(18,19)20/h7-8H,4-6,21H2,1-3H3. The third kappa shape index (κ3) is 3.31. The van der Waals surface area contributed by atoms with Crippen molar-refractivity contribution >= 4 is 39.9 Å². The Morgan fingerprint density at radius 3 is 2.52 bits per heavy atom. The summed E-state index contributed by atoms with van der Waals surface area (Å²) in [6.45, 7) is 6.13. The molecule has 1 saturated carbocycles. The van der Waals surface area contributed by atoms with Gasteiger partial charge in [0.15, 0.2) is 5.13 Å². The molecule has 1 spiro atoms. The van der Waals surface area contributed by atoms with E-state index in [0.717, 1.165) is 4.88 Å². The van der Waals surface area contributed by atoms with Gasteiger partial charge in [-0.2, -0.15) is 13.2 Å². The SMILES string of the molecule is CC(C)(C)c1sc(N2CCC3(CC(N)C3OC(=O)C(F)(F)F)C2=O)nc1Cl. The van der Waals surface area contributed by atoms with E-state index in [1.54, 1.807) is 0 Å². The number of anilines is 1. The van der Waals surface area contributed by atoms with Crippen molar-refractivity contribution in [2.75, 3.05) is 11.4 Å². The van der Waals surface area contributed by atoms with Gasteiger partial charge in [0.25, 0.3) is 0 Å². The second-order valence-corrected chi connectivity index (χ2v) is 9.26. The summed E-state index contributed by atoms with van der Waals surface area (Å²) in [6, 6.07) is -0.815. The maximum absolute atomic E-state index is 13.0. The van der Waals surface area contributed by atoms with Crippen LogP contribution >= 0.6 is 22.9 Å². The molecule has 2 aliphatic rings. The molecule has 2 heterocycles. The molecule has 0 aromatic carbocycles. The molecule has 27 heavy (non-hydrogen) atoms. The first-order valence-corrected chi connectivity index (χ1v) is 9.49. The normalized spacial score (nSPS) is 28.6. The van der Waals surface area contributed by atoms with Crippen LogP contribution in [0.15, 0.2) is 0 Å². The molecule has 1 aromatic heterocycles. The number of alkyl halides is 3. The molecule has 2 N–H and O–H groups in total. The second kappa shape index (κ2) is 6.31. The van der Waals surface area contributed by atoms with E-state index in [4.69, 9.17) is 17.3 Å². The number of amides is 1. The van der Waals surface area contributed by atoms with E-state index in [9.17, 15) is 22.8 Å². The molecule has 1 aliphatic heterocycles. The zero-order valence-corrected chi connectivity index (χ0v) is 16.5. The quantitative estimate of drug-likeness (QED) is 0.736. The van der Waals surface area contributed by atoms with Gasteiger partial charge in [0.2, 0.25) is 5.91 Å². The van der Waals surface area contributed by atoms with E-state index in [-0.39, 0.29) is 24.8 Å². The van der Waals surface area contributed by atoms with Crippen molar-refractivity contribution in [3.05, 3.63) is 10.0 Å². The van der Waals surface area contributed by atoms with Crippen LogP contribution in [-0.4, -0.2) is 41.7 Å². The average molecular weight is 426 g/mol. The Hall–Kier alpha value is -1.39. The summed E-state index contributed by atoms with van der Waals surface area (Å²) in [6.07, 6.45) is -6.05. The Balaban J connectivity index is 1.83. The fourth-order valence-electron chi connectivity index (χ4n) is 3.57. The molecule has 0 bridgehead atoms. The summed E-state index contributed by atoms with van der Waals surface area (Å²) in [7, 11) is 0. The third-order valence-electron chi connectivity index (χ3n) is 4.94. The van der Waals surface area contributed by atoms with E-state index >= 15 is 0 Å². The van der Waals surface area contributed by atoms with Gasteiger partial charge in [0.1, 0.15) is 11.3 Å². The lowest BCUT2D eigenvalue weighted by Crippen LogP contribution is -2.65. The van der Waals surface area contributed by atoms with Crippen molar-refractivity contribution in [3.8, 4) is 0 Å². The van der Waals surface area contributed by atoms with Gasteiger partial charge < -0.3 is 10.5 Å². The number of rotatable bonds is 2. The molecule has 11 heteroatoms. The number of ether oxygens (including phenoxy) is 1. The van der Waals surface area contributed by atoms with Gasteiger partial charge in [-0.25, -0.2) is 9.78 Å². The molecule has 3 unspecified atom stereocenters. The zero-order valence-electron chi connectivity index (χ0n) is 14.9. The topological polar surface area (TPSA) is 85.5 Å². The van der Waals surface area contributed by atoms with Gasteiger partial charge in [-0.1, -0.05) is 43.7 Å². The van der Waals surface area contributed by atoms with Crippen LogP contribution < -0.4 is 10.6 Å². The molecular weight excluding hydrogens is 407 g/mol. The molecule has 1 aromatic rings. The molecule has 6 nitrogen and oxygen atoms in total. The molecule has 1 aliphatic carbocycles. The molecular formula is C16H19ClF3N3O3S. The lowest BCUT2D eigenvalue weighted by atomic mass is 9.62. The number of esters is 1. The number of aromatic nitrogens is 1. The smallest absolute Gasteiger partial charge is 0.453 e. The first-order chi connectivity index (χ1) is 12.3. The fourth-order valence-corrected chi connectivity index (χ4v) is 5.14. The first kappa shape index (κ1) is 20.3. The number of hydrogen-bond acceptors (Lipinski definition) is 6. The van der Waals surface area contributed by atoms with Crippen LogP contribution in [0, 0.1) is 5.41 Å². The Labute approximate surface area is 162 Å². The predicted octanol–water partition coefficient (Wildman–Crippen LogP) is 3.02. The first-order valence-electron chi connectivity index (χ1n) is 8.29. The van der Waals surface area contributed by atoms with Crippen LogP contribution in [0.5, 0.6) is 0 Å². The van der Waals surface area contributed by atoms with Gasteiger partial charge in [-0.05, 0) is 18.3 Å². The number of thiazole rings is 1. The molecule has 2 fully saturated rings. The lowest BCUT2D eigenvalue weighted by Gasteiger charge is -2.48. The van der Waals surface area contributed by atoms with Crippen molar-refractivity contribution in [2.24, 2.45) is 11.1 Å². The summed E-state index contributed by atoms with van der Waals surface area (Å²) >= 11 is 7.46. The predicted molar refractivity (Wildman–Crippen MR) is 93.8 cm³/mol. The van der Waals surface area contributed by atoms with Crippen LogP contribution in [0.3, 0.4) is 0 Å². The maximum atomic E-state index is 13.0. The summed E-state index contributed by atoms with van der Waals surface area (Å²) in [5.74, 6) is -2.77. The van der Waals surface area contributed by atoms with Gasteiger partial charge in [-0.15, -0.1) is 0 Å². The minimum Gasteiger partial charge on any atom is -0.453 e. The van der Waals surface area contributed by atoms with Crippen molar-refractivity contribution in [2.45, 2.75) is 57.3 Å². The molecule has 150 valence electrons. The molecule has 3 atom stereocenters. The Bertz CT molecular complexity index is 792. The van der Waals surface area contributed by atoms with Crippen molar-refractivity contribution in [1.29, 1.82) is 0 Å². The molecule has 0 radical (unpaired) electrons. The van der Waals surface area contributed by atoms with Gasteiger partial charge in [-0.3, -0.25) is 9.69 Å². The van der Waals surface area contributed by atoms with Crippen LogP contribution in [-0.2, 0) is 19.7 Å². The molecule has 1 saturated heterocycles. The number of nitrogens with zero attached hydrogens (tertiary/aromatic N) is 2. The minimum atomic E-state index is -5.14. The minimum absolute atomic E-state index is 0.156. The van der Waals surface area contributed by atoms with E-state index in [0.29, 0.717) is 10.3 Å². The highest BCUT2D eigenvalue weighted by molar-refractivity contribution is 7.16. The maximum Gasteiger partial charge on any atom is 0.490 e. The number of carbonyl (C=O) groups excluding carboxylic acids is 2. The summed E-state index contributed by atoms with van der Waals surface area (Å²) in [4.78, 5) is 30.6. The van der Waals surface area contributed by atoms with Crippen LogP contribution in [0.4, 0.5) is 18.3 Å². The van der Waals surface area contributed by atoms with Gasteiger partial charge >= 0.3 is 12.1 Å². The monoisotopic (exact) mass is 425 g/mol. The molecule has 1 amide bonds. The lowest BCUT2D eigenvalue weighted by molar-refractivity contribution is -0.220. The van der Waals surface area contributed by atoms with Gasteiger partial charge in [0, 0.05) is 12.6 Å². The summed E-state index contributed by atoms with van der Waals surface area (Å²) < 4.78 is 42.2. The van der Waals surface area contributed by atoms with Crippen molar-refractivity contribution in [3.63, 3.8) is 0 Å². The van der Waals surface area contributed by atoms with Crippen LogP contribution in [0.2, 0.25) is 5.15 Å². The van der Waals surface area contributed by atoms with Crippen molar-refractivity contribution < 1.29 is 27.5 Å². The highest BCUT2D eigenvalue weighted by atomic mass is 35.5. The Morgan fingerprint density at radius 2 is 2.04 bits per heavy atom. The highest BCUT2D eigenvalue weighted by Crippen LogP contribution is 2.52. The summed E-state index contributed by atoms with van der Waals surface area (Å²) in [5.41, 5.74) is 4.25. The third-order valence-corrected chi connectivity index (χ3v) is 6.83. The van der Waals surface area contributed by atoms with Gasteiger partial charge in [0.05, 0.1) is 10.3 Å². The van der Waals surface area contributed by atoms with Crippen LogP contribution in [0.1, 0.15) is 38.5 Å². The number of nitrogens with two attached hydrogens (primary N) is 1. The molecule has 3 rings (SSSR count). The Kier molecular flexibility index (Phi) is 4.76. The number of halogens is 4. The van der Waals surface area contributed by atoms with E-state index in [1.807, 2.05) is 20.8 Å². The van der Waals surface area contributed by atoms with E-state index < -0.39 is 35.6 Å². The number of carbonyl (C=O) groups is 2.